The number of fused-ring (bicyclic) bond motifs is 2. The Balaban J connectivity index is 2.53. The van der Waals surface area contributed by atoms with Gasteiger partial charge in [0, 0.05) is 0 Å². The van der Waals surface area contributed by atoms with Crippen molar-refractivity contribution in [2.24, 2.45) is 5.92 Å². The Labute approximate surface area is 118 Å². The molecule has 0 aliphatic carbocycles. The van der Waals surface area contributed by atoms with Gasteiger partial charge in [0.2, 0.25) is 0 Å². The molecule has 1 saturated heterocycles. The van der Waals surface area contributed by atoms with Gasteiger partial charge in [-0.05, 0) is 39.4 Å². The van der Waals surface area contributed by atoms with Crippen LogP contribution in [0.4, 0.5) is 0 Å². The maximum Gasteiger partial charge on any atom is 0.334 e. The fourth-order valence-corrected chi connectivity index (χ4v) is 3.13. The molecule has 0 radical (unpaired) electrons. The standard InChI is InChI=1S/C14H21NO5/c1-15(2)14-7-5-6-9(20-14)8-10(12(16)18-3)11(14)13(17)19-4/h8-9,11H,5-7H2,1-4H3/t9-,11+,14+/m1/s1. The summed E-state index contributed by atoms with van der Waals surface area (Å²) in [4.78, 5) is 26.1. The Bertz CT molecular complexity index is 445. The molecule has 6 heteroatoms. The van der Waals surface area contributed by atoms with E-state index in [-0.39, 0.29) is 6.10 Å². The number of carbonyl (C=O) groups excluding carboxylic acids is 2. The van der Waals surface area contributed by atoms with Gasteiger partial charge in [-0.25, -0.2) is 4.79 Å². The van der Waals surface area contributed by atoms with E-state index < -0.39 is 23.6 Å². The zero-order chi connectivity index (χ0) is 14.9. The van der Waals surface area contributed by atoms with Crippen LogP contribution in [-0.4, -0.2) is 57.0 Å². The van der Waals surface area contributed by atoms with Gasteiger partial charge in [-0.3, -0.25) is 9.69 Å². The minimum Gasteiger partial charge on any atom is -0.468 e. The van der Waals surface area contributed by atoms with E-state index in [1.807, 2.05) is 19.0 Å². The van der Waals surface area contributed by atoms with E-state index in [4.69, 9.17) is 14.2 Å². The van der Waals surface area contributed by atoms with E-state index in [1.54, 1.807) is 6.08 Å². The summed E-state index contributed by atoms with van der Waals surface area (Å²) in [7, 11) is 6.32. The second kappa shape index (κ2) is 5.54. The number of ether oxygens (including phenoxy) is 3. The van der Waals surface area contributed by atoms with Crippen molar-refractivity contribution in [3.8, 4) is 0 Å². The fraction of sp³-hybridized carbons (Fsp3) is 0.714. The third kappa shape index (κ3) is 2.23. The van der Waals surface area contributed by atoms with Crippen molar-refractivity contribution in [3.63, 3.8) is 0 Å². The Morgan fingerprint density at radius 1 is 1.35 bits per heavy atom. The molecule has 0 aromatic heterocycles. The number of hydrogen-bond acceptors (Lipinski definition) is 6. The predicted octanol–water partition coefficient (Wildman–Crippen LogP) is 0.716. The molecule has 112 valence electrons. The Hall–Kier alpha value is -1.40. The third-order valence-electron chi connectivity index (χ3n) is 4.12. The normalized spacial score (nSPS) is 32.5. The summed E-state index contributed by atoms with van der Waals surface area (Å²) < 4.78 is 15.8. The molecular weight excluding hydrogens is 262 g/mol. The van der Waals surface area contributed by atoms with Crippen LogP contribution in [0.25, 0.3) is 0 Å². The van der Waals surface area contributed by atoms with Gasteiger partial charge in [0.25, 0.3) is 0 Å². The number of nitrogens with zero attached hydrogens (tertiary/aromatic N) is 1. The molecule has 1 fully saturated rings. The van der Waals surface area contributed by atoms with Gasteiger partial charge in [0.15, 0.2) is 0 Å². The summed E-state index contributed by atoms with van der Waals surface area (Å²) in [5.41, 5.74) is -0.502. The van der Waals surface area contributed by atoms with Crippen LogP contribution in [0.3, 0.4) is 0 Å². The van der Waals surface area contributed by atoms with Gasteiger partial charge in [0.05, 0.1) is 25.9 Å². The molecule has 2 aliphatic rings. The molecule has 2 aliphatic heterocycles. The van der Waals surface area contributed by atoms with Gasteiger partial charge in [0.1, 0.15) is 11.6 Å². The maximum atomic E-state index is 12.2. The van der Waals surface area contributed by atoms with Crippen molar-refractivity contribution < 1.29 is 23.8 Å². The smallest absolute Gasteiger partial charge is 0.334 e. The molecule has 0 unspecified atom stereocenters. The van der Waals surface area contributed by atoms with Crippen LogP contribution >= 0.6 is 0 Å². The summed E-state index contributed by atoms with van der Waals surface area (Å²) in [6, 6.07) is 0. The monoisotopic (exact) mass is 283 g/mol. The van der Waals surface area contributed by atoms with Crippen LogP contribution in [0, 0.1) is 5.92 Å². The van der Waals surface area contributed by atoms with Crippen molar-refractivity contribution in [3.05, 3.63) is 11.6 Å². The SMILES string of the molecule is COC(=O)C1=C[C@H]2CCC[C@](N(C)C)(O2)[C@@H]1C(=O)OC. The number of hydrogen-bond donors (Lipinski definition) is 0. The second-order valence-electron chi connectivity index (χ2n) is 5.36. The fourth-order valence-electron chi connectivity index (χ4n) is 3.13. The highest BCUT2D eigenvalue weighted by Crippen LogP contribution is 2.45. The number of carbonyl (C=O) groups is 2. The molecule has 2 heterocycles. The van der Waals surface area contributed by atoms with Gasteiger partial charge in [-0.15, -0.1) is 0 Å². The maximum absolute atomic E-state index is 12.2. The predicted molar refractivity (Wildman–Crippen MR) is 70.7 cm³/mol. The minimum absolute atomic E-state index is 0.166. The third-order valence-corrected chi connectivity index (χ3v) is 4.12. The molecule has 20 heavy (non-hydrogen) atoms. The number of rotatable bonds is 3. The van der Waals surface area contributed by atoms with Crippen LogP contribution in [0.15, 0.2) is 11.6 Å². The van der Waals surface area contributed by atoms with Crippen molar-refractivity contribution in [1.29, 1.82) is 0 Å². The molecule has 0 spiro atoms. The lowest BCUT2D eigenvalue weighted by molar-refractivity contribution is -0.226. The molecule has 0 N–H and O–H groups in total. The summed E-state index contributed by atoms with van der Waals surface area (Å²) >= 11 is 0. The largest absolute Gasteiger partial charge is 0.468 e. The van der Waals surface area contributed by atoms with Crippen LogP contribution in [0.2, 0.25) is 0 Å². The molecule has 0 amide bonds. The summed E-state index contributed by atoms with van der Waals surface area (Å²) in [6.45, 7) is 0. The first kappa shape index (κ1) is 15.0. The zero-order valence-electron chi connectivity index (χ0n) is 12.3. The van der Waals surface area contributed by atoms with Crippen LogP contribution in [0.5, 0.6) is 0 Å². The lowest BCUT2D eigenvalue weighted by Crippen LogP contribution is -2.61. The van der Waals surface area contributed by atoms with E-state index in [9.17, 15) is 9.59 Å². The van der Waals surface area contributed by atoms with Crippen LogP contribution in [0.1, 0.15) is 19.3 Å². The van der Waals surface area contributed by atoms with Crippen LogP contribution in [-0.2, 0) is 23.8 Å². The van der Waals surface area contributed by atoms with E-state index in [1.165, 1.54) is 14.2 Å². The number of esters is 2. The second-order valence-corrected chi connectivity index (χ2v) is 5.36. The molecule has 2 bridgehead atoms. The highest BCUT2D eigenvalue weighted by atomic mass is 16.6. The first-order chi connectivity index (χ1) is 9.46. The first-order valence-corrected chi connectivity index (χ1v) is 6.69. The quantitative estimate of drug-likeness (QED) is 0.711. The number of methoxy groups -OCH3 is 2. The highest BCUT2D eigenvalue weighted by molar-refractivity contribution is 5.96. The molecule has 3 atom stereocenters. The average Bonchev–Trinajstić information content (AvgIpc) is 2.45. The summed E-state index contributed by atoms with van der Waals surface area (Å²) in [6.07, 6.45) is 3.98. The highest BCUT2D eigenvalue weighted by Gasteiger charge is 2.55. The van der Waals surface area contributed by atoms with Crippen molar-refractivity contribution in [2.45, 2.75) is 31.1 Å². The van der Waals surface area contributed by atoms with Crippen molar-refractivity contribution >= 4 is 11.9 Å². The van der Waals surface area contributed by atoms with E-state index >= 15 is 0 Å². The van der Waals surface area contributed by atoms with Crippen molar-refractivity contribution in [1.82, 2.24) is 4.90 Å². The van der Waals surface area contributed by atoms with Crippen molar-refractivity contribution in [2.75, 3.05) is 28.3 Å². The first-order valence-electron chi connectivity index (χ1n) is 6.69. The Kier molecular flexibility index (Phi) is 4.15. The van der Waals surface area contributed by atoms with Gasteiger partial charge in [-0.1, -0.05) is 0 Å². The molecule has 0 aromatic rings. The zero-order valence-corrected chi connectivity index (χ0v) is 12.3. The van der Waals surface area contributed by atoms with Gasteiger partial charge < -0.3 is 14.2 Å². The molecule has 0 saturated carbocycles. The Morgan fingerprint density at radius 2 is 2.05 bits per heavy atom. The van der Waals surface area contributed by atoms with E-state index in [2.05, 4.69) is 0 Å². The molecule has 0 aromatic carbocycles. The molecule has 2 rings (SSSR count). The minimum atomic E-state index is -0.839. The molecule has 6 nitrogen and oxygen atoms in total. The van der Waals surface area contributed by atoms with E-state index in [0.29, 0.717) is 12.0 Å². The topological polar surface area (TPSA) is 65.1 Å². The Morgan fingerprint density at radius 3 is 2.60 bits per heavy atom. The lowest BCUT2D eigenvalue weighted by Gasteiger charge is -2.51. The molecular formula is C14H21NO5. The van der Waals surface area contributed by atoms with Gasteiger partial charge >= 0.3 is 11.9 Å². The van der Waals surface area contributed by atoms with E-state index in [0.717, 1.165) is 12.8 Å². The lowest BCUT2D eigenvalue weighted by atomic mass is 9.77. The van der Waals surface area contributed by atoms with Gasteiger partial charge in [-0.2, -0.15) is 0 Å². The summed E-state index contributed by atoms with van der Waals surface area (Å²) in [5, 5.41) is 0. The summed E-state index contributed by atoms with van der Waals surface area (Å²) in [5.74, 6) is -1.76. The van der Waals surface area contributed by atoms with Crippen LogP contribution < -0.4 is 0 Å². The average molecular weight is 283 g/mol.